The number of amides is 1. The third-order valence-corrected chi connectivity index (χ3v) is 4.63. The molecule has 1 saturated heterocycles. The number of carbonyl (C=O) groups excluding carboxylic acids is 1. The predicted octanol–water partition coefficient (Wildman–Crippen LogP) is 3.14. The Labute approximate surface area is 156 Å². The number of benzene rings is 1. The van der Waals surface area contributed by atoms with Crippen LogP contribution in [0.2, 0.25) is 0 Å². The first-order valence-corrected chi connectivity index (χ1v) is 9.48. The van der Waals surface area contributed by atoms with Gasteiger partial charge in [-0.2, -0.15) is 5.10 Å². The second kappa shape index (κ2) is 9.97. The molecule has 1 unspecified atom stereocenters. The maximum absolute atomic E-state index is 10.9. The number of aromatic nitrogens is 1. The van der Waals surface area contributed by atoms with Gasteiger partial charge >= 0.3 is 0 Å². The Morgan fingerprint density at radius 1 is 1.38 bits per heavy atom. The number of likely N-dealkylation sites (tertiary alicyclic amines) is 1. The van der Waals surface area contributed by atoms with Gasteiger partial charge in [-0.25, -0.2) is 0 Å². The van der Waals surface area contributed by atoms with Crippen molar-refractivity contribution in [1.29, 1.82) is 0 Å². The van der Waals surface area contributed by atoms with Gasteiger partial charge in [0.2, 0.25) is 6.41 Å². The summed E-state index contributed by atoms with van der Waals surface area (Å²) in [5, 5.41) is 8.31. The molecule has 0 bridgehead atoms. The summed E-state index contributed by atoms with van der Waals surface area (Å²) in [4.78, 5) is 16.7. The highest BCUT2D eigenvalue weighted by atomic mass is 16.1. The van der Waals surface area contributed by atoms with Gasteiger partial charge < -0.3 is 15.7 Å². The van der Waals surface area contributed by atoms with Crippen LogP contribution in [0.5, 0.6) is 0 Å². The number of piperidine rings is 1. The first-order chi connectivity index (χ1) is 12.7. The summed E-state index contributed by atoms with van der Waals surface area (Å²) in [5.41, 5.74) is 6.46. The number of fused-ring (bicyclic) bond motifs is 1. The zero-order valence-corrected chi connectivity index (χ0v) is 16.3. The molecule has 2 aromatic rings. The van der Waals surface area contributed by atoms with Crippen LogP contribution < -0.4 is 10.7 Å². The number of aromatic amines is 1. The number of amidine groups is 1. The van der Waals surface area contributed by atoms with Gasteiger partial charge in [0.15, 0.2) is 0 Å². The molecule has 1 aliphatic heterocycles. The Morgan fingerprint density at radius 2 is 2.19 bits per heavy atom. The molecular weight excluding hydrogens is 326 g/mol. The minimum Gasteiger partial charge on any atom is -0.359 e. The largest absolute Gasteiger partial charge is 0.359 e. The highest BCUT2D eigenvalue weighted by Crippen LogP contribution is 2.25. The van der Waals surface area contributed by atoms with Crippen molar-refractivity contribution >= 4 is 23.1 Å². The number of hydrazone groups is 1. The van der Waals surface area contributed by atoms with Crippen LogP contribution in [0, 0.1) is 6.92 Å². The topological polar surface area (TPSA) is 72.5 Å². The molecule has 3 rings (SSSR count). The second-order valence-corrected chi connectivity index (χ2v) is 6.30. The summed E-state index contributed by atoms with van der Waals surface area (Å²) in [5.74, 6) is 0.699. The number of hydrogen-bond donors (Lipinski definition) is 3. The average Bonchev–Trinajstić information content (AvgIpc) is 3.05. The molecule has 0 radical (unpaired) electrons. The molecule has 1 atom stereocenters. The number of carbonyl (C=O) groups is 1. The zero-order valence-electron chi connectivity index (χ0n) is 16.3. The van der Waals surface area contributed by atoms with E-state index in [1.807, 2.05) is 13.8 Å². The molecule has 1 aromatic carbocycles. The van der Waals surface area contributed by atoms with Gasteiger partial charge in [0.05, 0.1) is 6.04 Å². The number of nitrogens with one attached hydrogen (secondary N) is 3. The minimum absolute atomic E-state index is 0.131. The van der Waals surface area contributed by atoms with E-state index in [4.69, 9.17) is 0 Å². The molecule has 6 heteroatoms. The van der Waals surface area contributed by atoms with Crippen LogP contribution in [-0.2, 0) is 11.3 Å². The highest BCUT2D eigenvalue weighted by molar-refractivity contribution is 5.94. The average molecular weight is 358 g/mol. The maximum Gasteiger partial charge on any atom is 0.212 e. The summed E-state index contributed by atoms with van der Waals surface area (Å²) in [6.45, 7) is 7.94. The molecular formula is C20H31N5O. The van der Waals surface area contributed by atoms with Crippen LogP contribution in [0.3, 0.4) is 0 Å². The van der Waals surface area contributed by atoms with E-state index < -0.39 is 0 Å². The summed E-state index contributed by atoms with van der Waals surface area (Å²) in [6.07, 6.45) is 4.03. The molecule has 1 aliphatic rings. The smallest absolute Gasteiger partial charge is 0.212 e. The molecule has 2 heterocycles. The van der Waals surface area contributed by atoms with Gasteiger partial charge in [-0.15, -0.1) is 0 Å². The standard InChI is InChI=1S/C18H25N5O.C2H6/c1-13-10-15-14(6-5-7-16(15)21-13)11-23-9-4-3-8-17(23)18(20-12-24)22-19-2;1-2/h5-7,10,12,17,19,21H,3-4,8-9,11H2,1-2H3,(H,20,22,24);1-2H3. The molecule has 0 saturated carbocycles. The fraction of sp³-hybridized carbons (Fsp3) is 0.500. The van der Waals surface area contributed by atoms with E-state index in [1.54, 1.807) is 7.05 Å². The van der Waals surface area contributed by atoms with Crippen LogP contribution in [0.25, 0.3) is 10.9 Å². The summed E-state index contributed by atoms with van der Waals surface area (Å²) in [7, 11) is 1.75. The molecule has 1 amide bonds. The van der Waals surface area contributed by atoms with Crippen molar-refractivity contribution in [2.75, 3.05) is 13.6 Å². The van der Waals surface area contributed by atoms with Gasteiger partial charge in [-0.1, -0.05) is 32.4 Å². The predicted molar refractivity (Wildman–Crippen MR) is 108 cm³/mol. The fourth-order valence-electron chi connectivity index (χ4n) is 3.59. The van der Waals surface area contributed by atoms with Crippen molar-refractivity contribution in [1.82, 2.24) is 20.6 Å². The zero-order chi connectivity index (χ0) is 18.9. The van der Waals surface area contributed by atoms with E-state index in [-0.39, 0.29) is 6.04 Å². The van der Waals surface area contributed by atoms with E-state index in [1.165, 1.54) is 28.6 Å². The van der Waals surface area contributed by atoms with E-state index in [9.17, 15) is 4.79 Å². The number of rotatable bonds is 5. The van der Waals surface area contributed by atoms with Crippen molar-refractivity contribution in [3.05, 3.63) is 35.5 Å². The first kappa shape index (κ1) is 20.0. The lowest BCUT2D eigenvalue weighted by molar-refractivity contribution is -0.108. The van der Waals surface area contributed by atoms with Gasteiger partial charge in [-0.05, 0) is 44.0 Å². The Morgan fingerprint density at radius 3 is 2.92 bits per heavy atom. The molecule has 6 nitrogen and oxygen atoms in total. The molecule has 1 aromatic heterocycles. The van der Waals surface area contributed by atoms with Crippen molar-refractivity contribution in [2.45, 2.75) is 52.6 Å². The lowest BCUT2D eigenvalue weighted by Gasteiger charge is -2.36. The fourth-order valence-corrected chi connectivity index (χ4v) is 3.59. The van der Waals surface area contributed by atoms with Crippen molar-refractivity contribution < 1.29 is 4.79 Å². The van der Waals surface area contributed by atoms with Gasteiger partial charge in [-0.3, -0.25) is 9.69 Å². The third kappa shape index (κ3) is 4.64. The van der Waals surface area contributed by atoms with E-state index >= 15 is 0 Å². The van der Waals surface area contributed by atoms with Crippen LogP contribution in [0.1, 0.15) is 44.4 Å². The van der Waals surface area contributed by atoms with Gasteiger partial charge in [0.25, 0.3) is 0 Å². The Hall–Kier alpha value is -2.34. The van der Waals surface area contributed by atoms with Crippen molar-refractivity contribution in [3.8, 4) is 0 Å². The van der Waals surface area contributed by atoms with E-state index in [2.05, 4.69) is 56.9 Å². The van der Waals surface area contributed by atoms with E-state index in [0.29, 0.717) is 12.2 Å². The lowest BCUT2D eigenvalue weighted by Crippen LogP contribution is -2.49. The van der Waals surface area contributed by atoms with Crippen molar-refractivity contribution in [3.63, 3.8) is 0 Å². The lowest BCUT2D eigenvalue weighted by atomic mass is 9.99. The first-order valence-electron chi connectivity index (χ1n) is 9.48. The number of nitrogens with zero attached hydrogens (tertiary/aromatic N) is 2. The summed E-state index contributed by atoms with van der Waals surface area (Å²) >= 11 is 0. The Kier molecular flexibility index (Phi) is 7.66. The molecule has 0 aliphatic carbocycles. The molecule has 0 spiro atoms. The monoisotopic (exact) mass is 357 g/mol. The molecule has 142 valence electrons. The SMILES string of the molecule is CC.CN/N=C(\NC=O)C1CCCCN1Cc1cccc2[nH]c(C)cc12. The second-order valence-electron chi connectivity index (χ2n) is 6.30. The Balaban J connectivity index is 0.00000117. The Bertz CT molecular complexity index is 737. The highest BCUT2D eigenvalue weighted by Gasteiger charge is 2.27. The maximum atomic E-state index is 10.9. The van der Waals surface area contributed by atoms with Crippen LogP contribution in [-0.4, -0.2) is 41.8 Å². The summed E-state index contributed by atoms with van der Waals surface area (Å²) in [6, 6.07) is 8.73. The quantitative estimate of drug-likeness (QED) is 0.333. The van der Waals surface area contributed by atoms with E-state index in [0.717, 1.165) is 25.9 Å². The third-order valence-electron chi connectivity index (χ3n) is 4.63. The van der Waals surface area contributed by atoms with Gasteiger partial charge in [0, 0.05) is 30.2 Å². The van der Waals surface area contributed by atoms with Gasteiger partial charge in [0.1, 0.15) is 5.84 Å². The normalized spacial score (nSPS) is 18.2. The molecule has 26 heavy (non-hydrogen) atoms. The van der Waals surface area contributed by atoms with Crippen LogP contribution in [0.4, 0.5) is 0 Å². The minimum atomic E-state index is 0.131. The number of aryl methyl sites for hydroxylation is 1. The van der Waals surface area contributed by atoms with Crippen molar-refractivity contribution in [2.24, 2.45) is 5.10 Å². The van der Waals surface area contributed by atoms with Crippen LogP contribution in [0.15, 0.2) is 29.4 Å². The van der Waals surface area contributed by atoms with Crippen LogP contribution >= 0.6 is 0 Å². The molecule has 3 N–H and O–H groups in total. The molecule has 1 fully saturated rings. The summed E-state index contributed by atoms with van der Waals surface area (Å²) < 4.78 is 0. The number of H-pyrrole nitrogens is 1. The number of hydrogen-bond acceptors (Lipinski definition) is 4.